The summed E-state index contributed by atoms with van der Waals surface area (Å²) in [7, 11) is 0. The molecule has 0 fully saturated rings. The molecule has 20 heavy (non-hydrogen) atoms. The number of pyridine rings is 1. The van der Waals surface area contributed by atoms with Gasteiger partial charge in [-0.15, -0.1) is 0 Å². The molecule has 0 N–H and O–H groups in total. The van der Waals surface area contributed by atoms with Crippen molar-refractivity contribution in [3.8, 4) is 17.3 Å². The minimum Gasteiger partial charge on any atom is -0.306 e. The molecule has 0 atom stereocenters. The van der Waals surface area contributed by atoms with E-state index in [0.717, 1.165) is 11.3 Å². The molecule has 2 rings (SSSR count). The van der Waals surface area contributed by atoms with Crippen molar-refractivity contribution >= 4 is 0 Å². The topological polar surface area (TPSA) is 45.8 Å². The number of hydrogen-bond donors (Lipinski definition) is 0. The van der Waals surface area contributed by atoms with Crippen LogP contribution >= 0.6 is 0 Å². The Morgan fingerprint density at radius 3 is 2.40 bits per heavy atom. The first-order chi connectivity index (χ1) is 9.54. The zero-order valence-corrected chi connectivity index (χ0v) is 11.4. The maximum atomic E-state index is 13.0. The Hall–Kier alpha value is -2.41. The average Bonchev–Trinajstić information content (AvgIpc) is 2.41. The van der Waals surface area contributed by atoms with Gasteiger partial charge in [0, 0.05) is 11.6 Å². The molecule has 0 saturated carbocycles. The molecule has 0 radical (unpaired) electrons. The molecule has 0 saturated heterocycles. The Labute approximate surface area is 116 Å². The van der Waals surface area contributed by atoms with E-state index in [9.17, 15) is 9.18 Å². The van der Waals surface area contributed by atoms with Crippen LogP contribution in [0.15, 0.2) is 41.2 Å². The van der Waals surface area contributed by atoms with Crippen LogP contribution in [0, 0.1) is 17.1 Å². The van der Waals surface area contributed by atoms with Crippen LogP contribution in [0.1, 0.15) is 25.5 Å². The minimum absolute atomic E-state index is 0.0406. The van der Waals surface area contributed by atoms with Gasteiger partial charge in [-0.25, -0.2) is 4.39 Å². The molecule has 0 aliphatic carbocycles. The SMILES string of the molecule is CC(C)n1c(-c2ccc(F)cc2)ccc(CC#N)c1=O. The van der Waals surface area contributed by atoms with Gasteiger partial charge in [0.05, 0.1) is 18.2 Å². The fraction of sp³-hybridized carbons (Fsp3) is 0.250. The summed E-state index contributed by atoms with van der Waals surface area (Å²) >= 11 is 0. The zero-order valence-electron chi connectivity index (χ0n) is 11.4. The molecular formula is C16H15FN2O. The minimum atomic E-state index is -0.312. The summed E-state index contributed by atoms with van der Waals surface area (Å²) in [5.41, 5.74) is 1.82. The highest BCUT2D eigenvalue weighted by Gasteiger charge is 2.12. The number of hydrogen-bond acceptors (Lipinski definition) is 2. The molecule has 0 aliphatic heterocycles. The highest BCUT2D eigenvalue weighted by molar-refractivity contribution is 5.60. The van der Waals surface area contributed by atoms with Gasteiger partial charge in [-0.2, -0.15) is 5.26 Å². The van der Waals surface area contributed by atoms with E-state index in [4.69, 9.17) is 5.26 Å². The third-order valence-corrected chi connectivity index (χ3v) is 3.12. The Kier molecular flexibility index (Phi) is 3.99. The monoisotopic (exact) mass is 270 g/mol. The van der Waals surface area contributed by atoms with Crippen LogP contribution in [0.5, 0.6) is 0 Å². The summed E-state index contributed by atoms with van der Waals surface area (Å²) in [6, 6.07) is 11.5. The summed E-state index contributed by atoms with van der Waals surface area (Å²) < 4.78 is 14.6. The summed E-state index contributed by atoms with van der Waals surface area (Å²) in [5, 5.41) is 8.75. The van der Waals surface area contributed by atoms with Crippen molar-refractivity contribution < 1.29 is 4.39 Å². The first-order valence-electron chi connectivity index (χ1n) is 6.42. The van der Waals surface area contributed by atoms with Gasteiger partial charge in [0.1, 0.15) is 5.82 Å². The third kappa shape index (κ3) is 2.62. The lowest BCUT2D eigenvalue weighted by atomic mass is 10.1. The van der Waals surface area contributed by atoms with E-state index >= 15 is 0 Å². The fourth-order valence-electron chi connectivity index (χ4n) is 2.18. The lowest BCUT2D eigenvalue weighted by Crippen LogP contribution is -2.26. The van der Waals surface area contributed by atoms with E-state index in [0.29, 0.717) is 5.56 Å². The van der Waals surface area contributed by atoms with Gasteiger partial charge in [-0.1, -0.05) is 6.07 Å². The Bertz CT molecular complexity index is 709. The van der Waals surface area contributed by atoms with Crippen molar-refractivity contribution in [3.63, 3.8) is 0 Å². The third-order valence-electron chi connectivity index (χ3n) is 3.12. The van der Waals surface area contributed by atoms with Crippen LogP contribution in [-0.2, 0) is 6.42 Å². The normalized spacial score (nSPS) is 10.6. The van der Waals surface area contributed by atoms with Crippen molar-refractivity contribution in [3.05, 3.63) is 58.1 Å². The lowest BCUT2D eigenvalue weighted by Gasteiger charge is -2.17. The van der Waals surface area contributed by atoms with Gasteiger partial charge in [0.2, 0.25) is 0 Å². The highest BCUT2D eigenvalue weighted by atomic mass is 19.1. The van der Waals surface area contributed by atoms with Crippen molar-refractivity contribution in [1.82, 2.24) is 4.57 Å². The molecule has 0 bridgehead atoms. The molecule has 4 heteroatoms. The van der Waals surface area contributed by atoms with Crippen molar-refractivity contribution in [2.24, 2.45) is 0 Å². The molecule has 3 nitrogen and oxygen atoms in total. The van der Waals surface area contributed by atoms with E-state index in [1.54, 1.807) is 28.8 Å². The average molecular weight is 270 g/mol. The zero-order chi connectivity index (χ0) is 14.7. The first-order valence-corrected chi connectivity index (χ1v) is 6.42. The second-order valence-electron chi connectivity index (χ2n) is 4.85. The van der Waals surface area contributed by atoms with Crippen LogP contribution in [0.3, 0.4) is 0 Å². The Morgan fingerprint density at radius 2 is 1.85 bits per heavy atom. The predicted octanol–water partition coefficient (Wildman–Crippen LogP) is 3.30. The first kappa shape index (κ1) is 14.0. The van der Waals surface area contributed by atoms with Gasteiger partial charge < -0.3 is 4.57 Å². The second kappa shape index (κ2) is 5.70. The fourth-order valence-corrected chi connectivity index (χ4v) is 2.18. The van der Waals surface area contributed by atoms with E-state index in [1.165, 1.54) is 12.1 Å². The van der Waals surface area contributed by atoms with Gasteiger partial charge in [-0.3, -0.25) is 4.79 Å². The number of rotatable bonds is 3. The quantitative estimate of drug-likeness (QED) is 0.859. The molecule has 0 spiro atoms. The van der Waals surface area contributed by atoms with Crippen LogP contribution in [0.25, 0.3) is 11.3 Å². The summed E-state index contributed by atoms with van der Waals surface area (Å²) in [6.07, 6.45) is 0.0925. The Morgan fingerprint density at radius 1 is 1.20 bits per heavy atom. The van der Waals surface area contributed by atoms with Crippen molar-refractivity contribution in [2.45, 2.75) is 26.3 Å². The second-order valence-corrected chi connectivity index (χ2v) is 4.85. The summed E-state index contributed by atoms with van der Waals surface area (Å²) in [6.45, 7) is 3.81. The molecule has 0 aliphatic rings. The van der Waals surface area contributed by atoms with Crippen molar-refractivity contribution in [1.29, 1.82) is 5.26 Å². The molecule has 1 aromatic heterocycles. The van der Waals surface area contributed by atoms with Gasteiger partial charge in [0.15, 0.2) is 0 Å². The number of nitriles is 1. The number of nitrogens with zero attached hydrogens (tertiary/aromatic N) is 2. The van der Waals surface area contributed by atoms with Crippen LogP contribution < -0.4 is 5.56 Å². The van der Waals surface area contributed by atoms with E-state index in [1.807, 2.05) is 19.9 Å². The molecule has 2 aromatic rings. The molecule has 1 heterocycles. The predicted molar refractivity (Wildman–Crippen MR) is 75.8 cm³/mol. The number of benzene rings is 1. The van der Waals surface area contributed by atoms with Gasteiger partial charge in [0.25, 0.3) is 5.56 Å². The van der Waals surface area contributed by atoms with Gasteiger partial charge in [-0.05, 0) is 49.7 Å². The van der Waals surface area contributed by atoms with Gasteiger partial charge >= 0.3 is 0 Å². The Balaban J connectivity index is 2.65. The maximum absolute atomic E-state index is 13.0. The molecule has 1 aromatic carbocycles. The highest BCUT2D eigenvalue weighted by Crippen LogP contribution is 2.21. The lowest BCUT2D eigenvalue weighted by molar-refractivity contribution is 0.581. The molecule has 0 unspecified atom stereocenters. The molecule has 102 valence electrons. The van der Waals surface area contributed by atoms with E-state index in [-0.39, 0.29) is 23.8 Å². The van der Waals surface area contributed by atoms with Crippen LogP contribution in [0.4, 0.5) is 4.39 Å². The number of halogens is 1. The van der Waals surface area contributed by atoms with E-state index < -0.39 is 0 Å². The summed E-state index contributed by atoms with van der Waals surface area (Å²) in [5.74, 6) is -0.312. The molecular weight excluding hydrogens is 255 g/mol. The van der Waals surface area contributed by atoms with Crippen molar-refractivity contribution in [2.75, 3.05) is 0 Å². The summed E-state index contributed by atoms with van der Waals surface area (Å²) in [4.78, 5) is 12.4. The number of aromatic nitrogens is 1. The van der Waals surface area contributed by atoms with E-state index in [2.05, 4.69) is 0 Å². The van der Waals surface area contributed by atoms with Crippen LogP contribution in [-0.4, -0.2) is 4.57 Å². The van der Waals surface area contributed by atoms with Crippen LogP contribution in [0.2, 0.25) is 0 Å². The standard InChI is InChI=1S/C16H15FN2O/c1-11(2)19-15(12-3-6-14(17)7-4-12)8-5-13(9-10-18)16(19)20/h3-8,11H,9H2,1-2H3. The largest absolute Gasteiger partial charge is 0.306 e. The smallest absolute Gasteiger partial charge is 0.255 e. The maximum Gasteiger partial charge on any atom is 0.255 e. The molecule has 0 amide bonds.